The highest BCUT2D eigenvalue weighted by Crippen LogP contribution is 2.66. The molecular weight excluding hydrogens is 164 g/mol. The fraction of sp³-hybridized carbons (Fsp3) is 0.909. The van der Waals surface area contributed by atoms with Crippen molar-refractivity contribution in [1.82, 2.24) is 0 Å². The predicted molar refractivity (Wildman–Crippen MR) is 52.4 cm³/mol. The molecule has 1 rings (SSSR count). The predicted octanol–water partition coefficient (Wildman–Crippen LogP) is 2.01. The molecule has 0 bridgehead atoms. The van der Waals surface area contributed by atoms with Gasteiger partial charge in [0.2, 0.25) is 0 Å². The van der Waals surface area contributed by atoms with Crippen LogP contribution in [0.1, 0.15) is 40.5 Å². The van der Waals surface area contributed by atoms with Gasteiger partial charge in [0.05, 0.1) is 0 Å². The number of aldehydes is 1. The van der Waals surface area contributed by atoms with Gasteiger partial charge in [-0.15, -0.1) is 0 Å². The summed E-state index contributed by atoms with van der Waals surface area (Å²) in [4.78, 5) is 11.0. The summed E-state index contributed by atoms with van der Waals surface area (Å²) in [6, 6.07) is 0. The minimum atomic E-state index is -0.167. The standard InChI is InChI=1S/C11H20O2/c1-9(2,7-12)5-11(8-13)6-10(11,3)4/h8,12H,5-7H2,1-4H3. The van der Waals surface area contributed by atoms with Crippen LogP contribution in [0.4, 0.5) is 0 Å². The fourth-order valence-corrected chi connectivity index (χ4v) is 2.20. The van der Waals surface area contributed by atoms with Crippen molar-refractivity contribution < 1.29 is 9.90 Å². The molecule has 0 heterocycles. The highest BCUT2D eigenvalue weighted by molar-refractivity contribution is 5.66. The van der Waals surface area contributed by atoms with Crippen LogP contribution in [0.25, 0.3) is 0 Å². The maximum absolute atomic E-state index is 11.0. The molecule has 2 heteroatoms. The molecule has 0 amide bonds. The Morgan fingerprint density at radius 1 is 1.46 bits per heavy atom. The van der Waals surface area contributed by atoms with Crippen LogP contribution < -0.4 is 0 Å². The van der Waals surface area contributed by atoms with Crippen molar-refractivity contribution >= 4 is 6.29 Å². The second-order valence-corrected chi connectivity index (χ2v) is 5.83. The van der Waals surface area contributed by atoms with E-state index < -0.39 is 0 Å². The van der Waals surface area contributed by atoms with Crippen LogP contribution in [0, 0.1) is 16.2 Å². The molecule has 0 aromatic heterocycles. The van der Waals surface area contributed by atoms with Crippen LogP contribution in [0.3, 0.4) is 0 Å². The van der Waals surface area contributed by atoms with Gasteiger partial charge in [0.1, 0.15) is 6.29 Å². The van der Waals surface area contributed by atoms with Crippen molar-refractivity contribution in [2.45, 2.75) is 40.5 Å². The van der Waals surface area contributed by atoms with Gasteiger partial charge in [-0.1, -0.05) is 27.7 Å². The summed E-state index contributed by atoms with van der Waals surface area (Å²) < 4.78 is 0. The first kappa shape index (κ1) is 10.7. The Bertz CT molecular complexity index is 218. The fourth-order valence-electron chi connectivity index (χ4n) is 2.20. The minimum Gasteiger partial charge on any atom is -0.396 e. The van der Waals surface area contributed by atoms with E-state index in [-0.39, 0.29) is 22.9 Å². The molecule has 1 aliphatic carbocycles. The molecule has 1 saturated carbocycles. The number of carbonyl (C=O) groups is 1. The monoisotopic (exact) mass is 184 g/mol. The molecule has 0 aliphatic heterocycles. The maximum atomic E-state index is 11.0. The molecule has 1 aliphatic rings. The van der Waals surface area contributed by atoms with Crippen molar-refractivity contribution in [3.05, 3.63) is 0 Å². The first-order valence-corrected chi connectivity index (χ1v) is 4.86. The highest BCUT2D eigenvalue weighted by Gasteiger charge is 2.62. The summed E-state index contributed by atoms with van der Waals surface area (Å²) in [6.07, 6.45) is 2.85. The lowest BCUT2D eigenvalue weighted by Gasteiger charge is -2.26. The van der Waals surface area contributed by atoms with E-state index in [0.717, 1.165) is 19.1 Å². The first-order valence-electron chi connectivity index (χ1n) is 4.86. The Morgan fingerprint density at radius 3 is 2.15 bits per heavy atom. The average molecular weight is 184 g/mol. The van der Waals surface area contributed by atoms with E-state index in [1.165, 1.54) is 0 Å². The van der Waals surface area contributed by atoms with Crippen LogP contribution in [0.15, 0.2) is 0 Å². The normalized spacial score (nSPS) is 31.5. The Labute approximate surface area is 80.3 Å². The molecule has 2 nitrogen and oxygen atoms in total. The Hall–Kier alpha value is -0.370. The van der Waals surface area contributed by atoms with Gasteiger partial charge in [-0.25, -0.2) is 0 Å². The maximum Gasteiger partial charge on any atom is 0.126 e. The highest BCUT2D eigenvalue weighted by atomic mass is 16.3. The van der Waals surface area contributed by atoms with E-state index in [1.807, 2.05) is 13.8 Å². The third kappa shape index (κ3) is 1.78. The average Bonchev–Trinajstić information content (AvgIpc) is 2.53. The van der Waals surface area contributed by atoms with E-state index in [4.69, 9.17) is 5.11 Å². The summed E-state index contributed by atoms with van der Waals surface area (Å²) in [5.41, 5.74) is -0.158. The second-order valence-electron chi connectivity index (χ2n) is 5.83. The molecule has 13 heavy (non-hydrogen) atoms. The van der Waals surface area contributed by atoms with Gasteiger partial charge < -0.3 is 9.90 Å². The lowest BCUT2D eigenvalue weighted by Crippen LogP contribution is -2.25. The van der Waals surface area contributed by atoms with Crippen molar-refractivity contribution in [2.75, 3.05) is 6.61 Å². The molecule has 76 valence electrons. The molecule has 1 unspecified atom stereocenters. The number of hydrogen-bond acceptors (Lipinski definition) is 2. The molecular formula is C11H20O2. The number of aliphatic hydroxyl groups is 1. The second kappa shape index (κ2) is 2.81. The number of aliphatic hydroxyl groups excluding tert-OH is 1. The lowest BCUT2D eigenvalue weighted by atomic mass is 9.79. The SMILES string of the molecule is CC(C)(CO)CC1(C=O)CC1(C)C. The molecule has 0 aromatic carbocycles. The molecule has 0 spiro atoms. The zero-order valence-electron chi connectivity index (χ0n) is 9.05. The largest absolute Gasteiger partial charge is 0.396 e. The van der Waals surface area contributed by atoms with Crippen molar-refractivity contribution in [2.24, 2.45) is 16.2 Å². The minimum absolute atomic E-state index is 0.130. The molecule has 1 atom stereocenters. The molecule has 1 N–H and O–H groups in total. The smallest absolute Gasteiger partial charge is 0.126 e. The summed E-state index contributed by atoms with van der Waals surface area (Å²) in [7, 11) is 0. The number of rotatable bonds is 4. The van der Waals surface area contributed by atoms with Crippen LogP contribution in [0.5, 0.6) is 0 Å². The van der Waals surface area contributed by atoms with Gasteiger partial charge in [-0.3, -0.25) is 0 Å². The number of hydrogen-bond donors (Lipinski definition) is 1. The van der Waals surface area contributed by atoms with Crippen molar-refractivity contribution in [3.8, 4) is 0 Å². The van der Waals surface area contributed by atoms with E-state index in [1.54, 1.807) is 0 Å². The number of carbonyl (C=O) groups excluding carboxylic acids is 1. The van der Waals surface area contributed by atoms with Gasteiger partial charge >= 0.3 is 0 Å². The van der Waals surface area contributed by atoms with Gasteiger partial charge in [-0.05, 0) is 23.7 Å². The van der Waals surface area contributed by atoms with Gasteiger partial charge in [0.15, 0.2) is 0 Å². The Morgan fingerprint density at radius 2 is 1.92 bits per heavy atom. The van der Waals surface area contributed by atoms with Crippen molar-refractivity contribution in [1.29, 1.82) is 0 Å². The van der Waals surface area contributed by atoms with E-state index in [2.05, 4.69) is 13.8 Å². The van der Waals surface area contributed by atoms with E-state index in [9.17, 15) is 4.79 Å². The van der Waals surface area contributed by atoms with E-state index in [0.29, 0.717) is 0 Å². The zero-order valence-corrected chi connectivity index (χ0v) is 9.05. The van der Waals surface area contributed by atoms with Crippen molar-refractivity contribution in [3.63, 3.8) is 0 Å². The zero-order chi connectivity index (χ0) is 10.3. The topological polar surface area (TPSA) is 37.3 Å². The van der Waals surface area contributed by atoms with Crippen LogP contribution in [-0.4, -0.2) is 18.0 Å². The van der Waals surface area contributed by atoms with Gasteiger partial charge in [0.25, 0.3) is 0 Å². The summed E-state index contributed by atoms with van der Waals surface area (Å²) >= 11 is 0. The lowest BCUT2D eigenvalue weighted by molar-refractivity contribution is -0.114. The summed E-state index contributed by atoms with van der Waals surface area (Å²) in [5, 5.41) is 9.13. The summed E-state index contributed by atoms with van der Waals surface area (Å²) in [5.74, 6) is 0. The Balaban J connectivity index is 2.69. The van der Waals surface area contributed by atoms with Crippen LogP contribution >= 0.6 is 0 Å². The first-order chi connectivity index (χ1) is 5.79. The molecule has 0 saturated heterocycles. The van der Waals surface area contributed by atoms with E-state index >= 15 is 0 Å². The van der Waals surface area contributed by atoms with Crippen LogP contribution in [-0.2, 0) is 4.79 Å². The van der Waals surface area contributed by atoms with Gasteiger partial charge in [0, 0.05) is 12.0 Å². The Kier molecular flexibility index (Phi) is 2.31. The van der Waals surface area contributed by atoms with Gasteiger partial charge in [-0.2, -0.15) is 0 Å². The molecule has 0 radical (unpaired) electrons. The third-order valence-corrected chi connectivity index (χ3v) is 3.43. The quantitative estimate of drug-likeness (QED) is 0.679. The van der Waals surface area contributed by atoms with Crippen LogP contribution in [0.2, 0.25) is 0 Å². The molecule has 1 fully saturated rings. The third-order valence-electron chi connectivity index (χ3n) is 3.43. The summed E-state index contributed by atoms with van der Waals surface area (Å²) in [6.45, 7) is 8.40. The molecule has 0 aromatic rings.